The molecule has 0 unspecified atom stereocenters. The van der Waals surface area contributed by atoms with Crippen molar-refractivity contribution >= 4 is 27.8 Å². The summed E-state index contributed by atoms with van der Waals surface area (Å²) in [5.74, 6) is 0. The molecule has 1 aromatic carbocycles. The molecule has 0 bridgehead atoms. The van der Waals surface area contributed by atoms with Gasteiger partial charge in [0.05, 0.1) is 5.54 Å². The van der Waals surface area contributed by atoms with Crippen LogP contribution in [0.4, 0.5) is 15.3 Å². The maximum atomic E-state index is 12.7. The average Bonchev–Trinajstić information content (AvgIpc) is 3.43. The SMILES string of the molecule is CC(C)(C)OC(=O)N1CCC[C@]1(C)/C=C/S(=O)(=O)NC(=O)Nc1cc2c(c3c1CCC3)CCC2. The van der Waals surface area contributed by atoms with E-state index in [4.69, 9.17) is 4.74 Å². The number of amides is 3. The van der Waals surface area contributed by atoms with E-state index in [9.17, 15) is 18.0 Å². The number of rotatable bonds is 4. The van der Waals surface area contributed by atoms with Gasteiger partial charge < -0.3 is 10.1 Å². The first-order valence-corrected chi connectivity index (χ1v) is 13.6. The molecule has 0 radical (unpaired) electrons. The van der Waals surface area contributed by atoms with Gasteiger partial charge in [-0.1, -0.05) is 0 Å². The molecule has 4 rings (SSSR count). The Balaban J connectivity index is 1.44. The van der Waals surface area contributed by atoms with Crippen molar-refractivity contribution in [2.45, 2.75) is 90.2 Å². The van der Waals surface area contributed by atoms with Crippen molar-refractivity contribution in [1.29, 1.82) is 0 Å². The van der Waals surface area contributed by atoms with Crippen LogP contribution in [-0.2, 0) is 40.4 Å². The maximum Gasteiger partial charge on any atom is 0.410 e. The number of benzene rings is 1. The van der Waals surface area contributed by atoms with E-state index in [0.717, 1.165) is 55.9 Å². The van der Waals surface area contributed by atoms with Crippen molar-refractivity contribution in [3.05, 3.63) is 39.8 Å². The fourth-order valence-electron chi connectivity index (χ4n) is 5.34. The van der Waals surface area contributed by atoms with Gasteiger partial charge in [-0.15, -0.1) is 0 Å². The van der Waals surface area contributed by atoms with E-state index in [0.29, 0.717) is 18.7 Å². The second-order valence-corrected chi connectivity index (χ2v) is 12.3. The van der Waals surface area contributed by atoms with Gasteiger partial charge in [-0.2, -0.15) is 0 Å². The summed E-state index contributed by atoms with van der Waals surface area (Å²) in [4.78, 5) is 26.7. The highest BCUT2D eigenvalue weighted by atomic mass is 32.2. The third-order valence-corrected chi connectivity index (χ3v) is 7.84. The Bertz CT molecular complexity index is 1140. The lowest BCUT2D eigenvalue weighted by Gasteiger charge is -2.34. The molecule has 1 fully saturated rings. The number of carbonyl (C=O) groups excluding carboxylic acids is 2. The minimum absolute atomic E-state index is 0.479. The van der Waals surface area contributed by atoms with Crippen LogP contribution in [0.2, 0.25) is 0 Å². The molecule has 9 heteroatoms. The number of nitrogens with one attached hydrogen (secondary N) is 2. The number of anilines is 1. The van der Waals surface area contributed by atoms with E-state index in [2.05, 4.69) is 10.0 Å². The molecule has 2 N–H and O–H groups in total. The highest BCUT2D eigenvalue weighted by Gasteiger charge is 2.40. The van der Waals surface area contributed by atoms with Crippen molar-refractivity contribution in [2.75, 3.05) is 11.9 Å². The number of ether oxygens (including phenoxy) is 1. The van der Waals surface area contributed by atoms with Crippen molar-refractivity contribution in [2.24, 2.45) is 0 Å². The van der Waals surface area contributed by atoms with Crippen LogP contribution in [0, 0.1) is 0 Å². The minimum atomic E-state index is -4.06. The van der Waals surface area contributed by atoms with Crippen LogP contribution < -0.4 is 10.0 Å². The van der Waals surface area contributed by atoms with Crippen LogP contribution in [0.1, 0.15) is 75.6 Å². The van der Waals surface area contributed by atoms with Crippen LogP contribution in [0.15, 0.2) is 17.6 Å². The summed E-state index contributed by atoms with van der Waals surface area (Å²) in [6.07, 6.45) is 8.48. The topological polar surface area (TPSA) is 105 Å². The standard InChI is InChI=1S/C25H35N3O5S/c1-24(2,3)33-23(30)28-14-7-12-25(28,4)13-15-34(31,32)27-22(29)26-21-16-17-8-5-9-18(17)19-10-6-11-20(19)21/h13,15-16H,5-12,14H2,1-4H3,(H2,26,27,29)/b15-13+/t25-/m1/s1. The van der Waals surface area contributed by atoms with Crippen LogP contribution in [0.25, 0.3) is 0 Å². The number of urea groups is 1. The molecule has 3 aliphatic rings. The molecule has 1 saturated heterocycles. The molecule has 34 heavy (non-hydrogen) atoms. The minimum Gasteiger partial charge on any atom is -0.444 e. The number of aryl methyl sites for hydroxylation is 1. The predicted octanol–water partition coefficient (Wildman–Crippen LogP) is 4.42. The normalized spacial score (nSPS) is 22.1. The van der Waals surface area contributed by atoms with Crippen LogP contribution in [0.3, 0.4) is 0 Å². The number of nitrogens with zero attached hydrogens (tertiary/aromatic N) is 1. The van der Waals surface area contributed by atoms with E-state index in [1.54, 1.807) is 27.7 Å². The molecule has 0 spiro atoms. The molecular formula is C25H35N3O5S. The molecule has 1 aliphatic heterocycles. The molecule has 0 aromatic heterocycles. The Labute approximate surface area is 202 Å². The number of fused-ring (bicyclic) bond motifs is 3. The van der Waals surface area contributed by atoms with E-state index < -0.39 is 33.3 Å². The van der Waals surface area contributed by atoms with Crippen molar-refractivity contribution in [3.63, 3.8) is 0 Å². The fourth-order valence-corrected chi connectivity index (χ4v) is 6.19. The van der Waals surface area contributed by atoms with Gasteiger partial charge in [0.25, 0.3) is 10.0 Å². The zero-order valence-electron chi connectivity index (χ0n) is 20.5. The second-order valence-electron chi connectivity index (χ2n) is 10.7. The van der Waals surface area contributed by atoms with Gasteiger partial charge in [-0.25, -0.2) is 22.7 Å². The summed E-state index contributed by atoms with van der Waals surface area (Å²) >= 11 is 0. The van der Waals surface area contributed by atoms with Gasteiger partial charge in [0.1, 0.15) is 5.60 Å². The first-order chi connectivity index (χ1) is 15.9. The Morgan fingerprint density at radius 3 is 2.47 bits per heavy atom. The molecule has 1 atom stereocenters. The molecule has 8 nitrogen and oxygen atoms in total. The summed E-state index contributed by atoms with van der Waals surface area (Å²) < 4.78 is 32.9. The maximum absolute atomic E-state index is 12.7. The summed E-state index contributed by atoms with van der Waals surface area (Å²) in [6.45, 7) is 7.64. The van der Waals surface area contributed by atoms with Crippen molar-refractivity contribution < 1.29 is 22.7 Å². The van der Waals surface area contributed by atoms with Crippen LogP contribution in [0.5, 0.6) is 0 Å². The van der Waals surface area contributed by atoms with Gasteiger partial charge in [0.15, 0.2) is 0 Å². The van der Waals surface area contributed by atoms with Crippen LogP contribution >= 0.6 is 0 Å². The Morgan fingerprint density at radius 1 is 1.06 bits per heavy atom. The van der Waals surface area contributed by atoms with E-state index in [1.807, 2.05) is 6.07 Å². The van der Waals surface area contributed by atoms with Crippen molar-refractivity contribution in [1.82, 2.24) is 9.62 Å². The second kappa shape index (κ2) is 8.91. The summed E-state index contributed by atoms with van der Waals surface area (Å²) in [7, 11) is -4.06. The number of carbonyl (C=O) groups is 2. The number of hydrogen-bond donors (Lipinski definition) is 2. The Hall–Kier alpha value is -2.55. The number of hydrogen-bond acceptors (Lipinski definition) is 5. The molecule has 1 aromatic rings. The lowest BCUT2D eigenvalue weighted by Crippen LogP contribution is -2.46. The third-order valence-electron chi connectivity index (χ3n) is 6.87. The third kappa shape index (κ3) is 5.24. The first kappa shape index (κ1) is 24.6. The highest BCUT2D eigenvalue weighted by Crippen LogP contribution is 2.38. The van der Waals surface area contributed by atoms with Gasteiger partial charge in [-0.05, 0) is 113 Å². The van der Waals surface area contributed by atoms with Gasteiger partial charge in [0, 0.05) is 17.6 Å². The number of likely N-dealkylation sites (tertiary alicyclic amines) is 1. The predicted molar refractivity (Wildman–Crippen MR) is 131 cm³/mol. The lowest BCUT2D eigenvalue weighted by molar-refractivity contribution is 0.0169. The largest absolute Gasteiger partial charge is 0.444 e. The van der Waals surface area contributed by atoms with Crippen molar-refractivity contribution in [3.8, 4) is 0 Å². The quantitative estimate of drug-likeness (QED) is 0.651. The van der Waals surface area contributed by atoms with Gasteiger partial charge in [-0.3, -0.25) is 4.90 Å². The molecule has 1 heterocycles. The zero-order valence-corrected chi connectivity index (χ0v) is 21.3. The van der Waals surface area contributed by atoms with Gasteiger partial charge >= 0.3 is 12.1 Å². The highest BCUT2D eigenvalue weighted by molar-refractivity contribution is 7.92. The fraction of sp³-hybridized carbons (Fsp3) is 0.600. The summed E-state index contributed by atoms with van der Waals surface area (Å²) in [6, 6.07) is 1.23. The average molecular weight is 490 g/mol. The Kier molecular flexibility index (Phi) is 6.44. The smallest absolute Gasteiger partial charge is 0.410 e. The molecule has 3 amide bonds. The Morgan fingerprint density at radius 2 is 1.74 bits per heavy atom. The van der Waals surface area contributed by atoms with Crippen LogP contribution in [-0.4, -0.2) is 43.1 Å². The van der Waals surface area contributed by atoms with E-state index in [1.165, 1.54) is 27.7 Å². The summed E-state index contributed by atoms with van der Waals surface area (Å²) in [5.41, 5.74) is 4.41. The van der Waals surface area contributed by atoms with Gasteiger partial charge in [0.2, 0.25) is 0 Å². The number of sulfonamides is 1. The zero-order chi connectivity index (χ0) is 24.7. The lowest BCUT2D eigenvalue weighted by atomic mass is 9.98. The monoisotopic (exact) mass is 489 g/mol. The summed E-state index contributed by atoms with van der Waals surface area (Å²) in [5, 5.41) is 3.75. The van der Waals surface area contributed by atoms with E-state index in [-0.39, 0.29) is 0 Å². The first-order valence-electron chi connectivity index (χ1n) is 12.1. The van der Waals surface area contributed by atoms with E-state index >= 15 is 0 Å². The molecule has 0 saturated carbocycles. The molecular weight excluding hydrogens is 454 g/mol. The molecule has 2 aliphatic carbocycles. The molecule has 186 valence electrons.